The smallest absolute Gasteiger partial charge is 0.175 e. The van der Waals surface area contributed by atoms with Crippen molar-refractivity contribution in [2.45, 2.75) is 0 Å². The van der Waals surface area contributed by atoms with Gasteiger partial charge >= 0.3 is 0 Å². The van der Waals surface area contributed by atoms with Gasteiger partial charge < -0.3 is 10.6 Å². The number of rotatable bonds is 2. The number of aromatic nitrogens is 1. The van der Waals surface area contributed by atoms with Crippen LogP contribution in [0.2, 0.25) is 10.0 Å². The van der Waals surface area contributed by atoms with Crippen molar-refractivity contribution in [2.75, 3.05) is 5.32 Å². The van der Waals surface area contributed by atoms with Crippen LogP contribution in [-0.4, -0.2) is 15.1 Å². The van der Waals surface area contributed by atoms with Crippen molar-refractivity contribution >= 4 is 63.4 Å². The van der Waals surface area contributed by atoms with Gasteiger partial charge in [0.2, 0.25) is 0 Å². The van der Waals surface area contributed by atoms with Crippen LogP contribution in [0.5, 0.6) is 0 Å². The molecule has 0 spiro atoms. The quantitative estimate of drug-likeness (QED) is 0.806. The molecule has 0 saturated heterocycles. The number of thiocarbonyl (C=S) groups is 2. The molecule has 0 aliphatic heterocycles. The average molecular weight is 342 g/mol. The molecule has 0 aliphatic carbocycles. The van der Waals surface area contributed by atoms with Crippen LogP contribution in [0, 0.1) is 0 Å². The van der Waals surface area contributed by atoms with E-state index in [0.29, 0.717) is 20.1 Å². The summed E-state index contributed by atoms with van der Waals surface area (Å²) < 4.78 is 0. The first-order valence-electron chi connectivity index (χ1n) is 5.53. The summed E-state index contributed by atoms with van der Waals surface area (Å²) in [6.45, 7) is 0. The topological polar surface area (TPSA) is 37.0 Å². The summed E-state index contributed by atoms with van der Waals surface area (Å²) in [5.41, 5.74) is 1.52. The summed E-state index contributed by atoms with van der Waals surface area (Å²) in [6.07, 6.45) is 3.34. The second-order valence-electron chi connectivity index (χ2n) is 3.78. The summed E-state index contributed by atoms with van der Waals surface area (Å²) in [7, 11) is 0. The molecule has 3 nitrogen and oxygen atoms in total. The SMILES string of the molecule is S=C(NC(=S)c1cccnc1)Nc1ccc(Cl)c(Cl)c1. The Morgan fingerprint density at radius 3 is 2.55 bits per heavy atom. The molecule has 7 heteroatoms. The molecule has 2 N–H and O–H groups in total. The number of hydrogen-bond donors (Lipinski definition) is 2. The van der Waals surface area contributed by atoms with E-state index in [9.17, 15) is 0 Å². The Bertz CT molecular complexity index is 647. The Morgan fingerprint density at radius 2 is 1.90 bits per heavy atom. The molecule has 0 atom stereocenters. The van der Waals surface area contributed by atoms with Crippen LogP contribution in [0.3, 0.4) is 0 Å². The van der Waals surface area contributed by atoms with Gasteiger partial charge in [0, 0.05) is 23.6 Å². The van der Waals surface area contributed by atoms with Gasteiger partial charge in [-0.25, -0.2) is 0 Å². The zero-order valence-electron chi connectivity index (χ0n) is 10.1. The maximum atomic E-state index is 5.93. The predicted molar refractivity (Wildman–Crippen MR) is 91.8 cm³/mol. The monoisotopic (exact) mass is 341 g/mol. The molecule has 1 aromatic carbocycles. The minimum absolute atomic E-state index is 0.372. The van der Waals surface area contributed by atoms with E-state index in [2.05, 4.69) is 15.6 Å². The molecule has 2 rings (SSSR count). The van der Waals surface area contributed by atoms with Gasteiger partial charge in [-0.15, -0.1) is 0 Å². The Labute approximate surface area is 137 Å². The van der Waals surface area contributed by atoms with Crippen molar-refractivity contribution in [3.05, 3.63) is 58.3 Å². The molecular weight excluding hydrogens is 333 g/mol. The van der Waals surface area contributed by atoms with E-state index < -0.39 is 0 Å². The number of hydrogen-bond acceptors (Lipinski definition) is 3. The Hall–Kier alpha value is -1.27. The van der Waals surface area contributed by atoms with E-state index >= 15 is 0 Å². The van der Waals surface area contributed by atoms with Crippen LogP contribution in [-0.2, 0) is 0 Å². The number of nitrogens with zero attached hydrogens (tertiary/aromatic N) is 1. The lowest BCUT2D eigenvalue weighted by Crippen LogP contribution is -2.33. The van der Waals surface area contributed by atoms with E-state index in [0.717, 1.165) is 11.3 Å². The highest BCUT2D eigenvalue weighted by Gasteiger charge is 2.05. The molecule has 0 aliphatic rings. The first-order valence-corrected chi connectivity index (χ1v) is 7.11. The minimum Gasteiger partial charge on any atom is -0.332 e. The molecule has 0 fully saturated rings. The summed E-state index contributed by atoms with van der Waals surface area (Å²) in [6, 6.07) is 8.80. The summed E-state index contributed by atoms with van der Waals surface area (Å²) in [5.74, 6) is 0. The Morgan fingerprint density at radius 1 is 1.10 bits per heavy atom. The fourth-order valence-electron chi connectivity index (χ4n) is 1.41. The van der Waals surface area contributed by atoms with Crippen LogP contribution in [0.15, 0.2) is 42.7 Å². The standard InChI is InChI=1S/C13H9Cl2N3S2/c14-10-4-3-9(6-11(10)15)17-13(20)18-12(19)8-2-1-5-16-7-8/h1-7H,(H2,17,18,19,20). The van der Waals surface area contributed by atoms with Crippen molar-refractivity contribution in [3.63, 3.8) is 0 Å². The van der Waals surface area contributed by atoms with Crippen molar-refractivity contribution in [2.24, 2.45) is 0 Å². The van der Waals surface area contributed by atoms with Gasteiger partial charge in [-0.05, 0) is 42.5 Å². The van der Waals surface area contributed by atoms with Crippen molar-refractivity contribution < 1.29 is 0 Å². The number of pyridine rings is 1. The van der Waals surface area contributed by atoms with E-state index in [1.807, 2.05) is 6.07 Å². The van der Waals surface area contributed by atoms with Gasteiger partial charge in [0.1, 0.15) is 4.99 Å². The van der Waals surface area contributed by atoms with Gasteiger partial charge in [0.15, 0.2) is 5.11 Å². The predicted octanol–water partition coefficient (Wildman–Crippen LogP) is 4.05. The van der Waals surface area contributed by atoms with Crippen LogP contribution < -0.4 is 10.6 Å². The van der Waals surface area contributed by atoms with Crippen molar-refractivity contribution in [1.82, 2.24) is 10.3 Å². The second kappa shape index (κ2) is 6.95. The van der Waals surface area contributed by atoms with Crippen molar-refractivity contribution in [1.29, 1.82) is 0 Å². The summed E-state index contributed by atoms with van der Waals surface area (Å²) in [4.78, 5) is 4.49. The summed E-state index contributed by atoms with van der Waals surface area (Å²) in [5, 5.41) is 7.21. The third-order valence-electron chi connectivity index (χ3n) is 2.33. The molecule has 0 amide bonds. The highest BCUT2D eigenvalue weighted by atomic mass is 35.5. The number of benzene rings is 1. The molecule has 1 heterocycles. The maximum Gasteiger partial charge on any atom is 0.175 e. The fourth-order valence-corrected chi connectivity index (χ4v) is 2.21. The first-order chi connectivity index (χ1) is 9.56. The first kappa shape index (κ1) is 15.1. The minimum atomic E-state index is 0.372. The van der Waals surface area contributed by atoms with E-state index in [1.165, 1.54) is 0 Å². The normalized spacial score (nSPS) is 9.90. The molecule has 0 saturated carbocycles. The van der Waals surface area contributed by atoms with E-state index in [4.69, 9.17) is 47.6 Å². The Kier molecular flexibility index (Phi) is 5.25. The van der Waals surface area contributed by atoms with Crippen LogP contribution in [0.1, 0.15) is 5.56 Å². The van der Waals surface area contributed by atoms with Gasteiger partial charge in [0.05, 0.1) is 10.0 Å². The molecular formula is C13H9Cl2N3S2. The van der Waals surface area contributed by atoms with Crippen LogP contribution >= 0.6 is 47.6 Å². The lowest BCUT2D eigenvalue weighted by molar-refractivity contribution is 1.30. The lowest BCUT2D eigenvalue weighted by atomic mass is 10.3. The molecule has 102 valence electrons. The largest absolute Gasteiger partial charge is 0.332 e. The molecule has 0 radical (unpaired) electrons. The van der Waals surface area contributed by atoms with Gasteiger partial charge in [0.25, 0.3) is 0 Å². The molecule has 0 unspecified atom stereocenters. The van der Waals surface area contributed by atoms with Crippen molar-refractivity contribution in [3.8, 4) is 0 Å². The highest BCUT2D eigenvalue weighted by molar-refractivity contribution is 7.82. The molecule has 20 heavy (non-hydrogen) atoms. The maximum absolute atomic E-state index is 5.93. The zero-order valence-corrected chi connectivity index (χ0v) is 13.2. The fraction of sp³-hybridized carbons (Fsp3) is 0. The highest BCUT2D eigenvalue weighted by Crippen LogP contribution is 2.24. The Balaban J connectivity index is 1.99. The lowest BCUT2D eigenvalue weighted by Gasteiger charge is -2.11. The van der Waals surface area contributed by atoms with Crippen LogP contribution in [0.25, 0.3) is 0 Å². The summed E-state index contributed by atoms with van der Waals surface area (Å²) >= 11 is 22.2. The molecule has 2 aromatic rings. The number of halogens is 2. The van der Waals surface area contributed by atoms with E-state index in [1.54, 1.807) is 36.7 Å². The van der Waals surface area contributed by atoms with Gasteiger partial charge in [-0.2, -0.15) is 0 Å². The molecule has 0 bridgehead atoms. The number of anilines is 1. The van der Waals surface area contributed by atoms with Gasteiger partial charge in [-0.1, -0.05) is 35.4 Å². The van der Waals surface area contributed by atoms with Gasteiger partial charge in [-0.3, -0.25) is 4.98 Å². The third-order valence-corrected chi connectivity index (χ3v) is 3.61. The average Bonchev–Trinajstić information content (AvgIpc) is 2.44. The molecule has 1 aromatic heterocycles. The third kappa shape index (κ3) is 4.11. The van der Waals surface area contributed by atoms with Crippen LogP contribution in [0.4, 0.5) is 5.69 Å². The number of nitrogens with one attached hydrogen (secondary N) is 2. The zero-order chi connectivity index (χ0) is 14.5. The van der Waals surface area contributed by atoms with E-state index in [-0.39, 0.29) is 0 Å². The second-order valence-corrected chi connectivity index (χ2v) is 5.41.